The second-order valence-corrected chi connectivity index (χ2v) is 7.45. The molecule has 1 aliphatic heterocycles. The van der Waals surface area contributed by atoms with Crippen LogP contribution in [0, 0.1) is 0 Å². The first-order chi connectivity index (χ1) is 12.1. The van der Waals surface area contributed by atoms with E-state index in [0.717, 1.165) is 33.0 Å². The number of anilines is 1. The van der Waals surface area contributed by atoms with Crippen LogP contribution in [0.3, 0.4) is 0 Å². The van der Waals surface area contributed by atoms with Crippen LogP contribution in [0.4, 0.5) is 5.13 Å². The Morgan fingerprint density at radius 2 is 2.32 bits per heavy atom. The van der Waals surface area contributed by atoms with Gasteiger partial charge in [-0.1, -0.05) is 29.5 Å². The van der Waals surface area contributed by atoms with Crippen LogP contribution in [0.25, 0.3) is 10.9 Å². The summed E-state index contributed by atoms with van der Waals surface area (Å²) in [4.78, 5) is 23.6. The fourth-order valence-electron chi connectivity index (χ4n) is 3.04. The molecule has 0 saturated heterocycles. The topological polar surface area (TPSA) is 81.2 Å². The van der Waals surface area contributed by atoms with Gasteiger partial charge in [-0.2, -0.15) is 0 Å². The van der Waals surface area contributed by atoms with Gasteiger partial charge in [-0.15, -0.1) is 0 Å². The molecule has 4 rings (SSSR count). The smallest absolute Gasteiger partial charge is 0.270 e. The summed E-state index contributed by atoms with van der Waals surface area (Å²) in [6.07, 6.45) is 0.342. The van der Waals surface area contributed by atoms with Gasteiger partial charge in [0.2, 0.25) is 0 Å². The number of carbonyl (C=O) groups excluding carboxylic acids is 1. The van der Waals surface area contributed by atoms with E-state index in [-0.39, 0.29) is 5.91 Å². The van der Waals surface area contributed by atoms with E-state index in [1.807, 2.05) is 35.2 Å². The summed E-state index contributed by atoms with van der Waals surface area (Å²) in [5.41, 5.74) is 2.66. The molecule has 0 bridgehead atoms. The maximum absolute atomic E-state index is 12.8. The van der Waals surface area contributed by atoms with Crippen LogP contribution in [-0.4, -0.2) is 45.1 Å². The number of H-pyrrole nitrogens is 1. The molecule has 7 heteroatoms. The number of benzene rings is 1. The zero-order valence-electron chi connectivity index (χ0n) is 14.0. The van der Waals surface area contributed by atoms with E-state index in [4.69, 9.17) is 0 Å². The third kappa shape index (κ3) is 3.25. The van der Waals surface area contributed by atoms with Crippen molar-refractivity contribution in [1.29, 1.82) is 0 Å². The average molecular weight is 356 g/mol. The lowest BCUT2D eigenvalue weighted by Gasteiger charge is -2.25. The van der Waals surface area contributed by atoms with Gasteiger partial charge in [-0.25, -0.2) is 4.98 Å². The van der Waals surface area contributed by atoms with E-state index < -0.39 is 6.10 Å². The maximum atomic E-state index is 12.8. The number of fused-ring (bicyclic) bond motifs is 2. The van der Waals surface area contributed by atoms with Crippen LogP contribution in [0.2, 0.25) is 0 Å². The summed E-state index contributed by atoms with van der Waals surface area (Å²) in [6, 6.07) is 9.81. The summed E-state index contributed by atoms with van der Waals surface area (Å²) in [7, 11) is 0. The quantitative estimate of drug-likeness (QED) is 0.671. The van der Waals surface area contributed by atoms with Gasteiger partial charge in [0.25, 0.3) is 5.91 Å². The number of aliphatic hydroxyl groups excluding tert-OH is 1. The largest absolute Gasteiger partial charge is 0.392 e. The number of nitrogens with one attached hydrogen (secondary N) is 2. The summed E-state index contributed by atoms with van der Waals surface area (Å²) in [5.74, 6) is 0.0220. The molecular weight excluding hydrogens is 336 g/mol. The van der Waals surface area contributed by atoms with E-state index in [1.165, 1.54) is 0 Å². The summed E-state index contributed by atoms with van der Waals surface area (Å²) >= 11 is 1.56. The average Bonchev–Trinajstić information content (AvgIpc) is 3.22. The van der Waals surface area contributed by atoms with Crippen molar-refractivity contribution in [2.45, 2.75) is 26.0 Å². The molecule has 1 aromatic carbocycles. The molecule has 130 valence electrons. The fraction of sp³-hybridized carbons (Fsp3) is 0.333. The third-order valence-electron chi connectivity index (χ3n) is 4.33. The predicted octanol–water partition coefficient (Wildman–Crippen LogP) is 2.62. The first kappa shape index (κ1) is 16.1. The summed E-state index contributed by atoms with van der Waals surface area (Å²) in [5, 5.41) is 14.4. The van der Waals surface area contributed by atoms with Gasteiger partial charge in [0.05, 0.1) is 18.3 Å². The van der Waals surface area contributed by atoms with Gasteiger partial charge in [-0.05, 0) is 19.1 Å². The minimum Gasteiger partial charge on any atom is -0.392 e. The van der Waals surface area contributed by atoms with Crippen LogP contribution in [0.1, 0.15) is 28.0 Å². The number of nitrogens with zero attached hydrogens (tertiary/aromatic N) is 2. The van der Waals surface area contributed by atoms with E-state index in [9.17, 15) is 9.90 Å². The number of hydrogen-bond acceptors (Lipinski definition) is 5. The molecule has 0 saturated carbocycles. The van der Waals surface area contributed by atoms with Gasteiger partial charge in [0, 0.05) is 35.3 Å². The van der Waals surface area contributed by atoms with E-state index in [1.54, 1.807) is 18.3 Å². The highest BCUT2D eigenvalue weighted by atomic mass is 32.1. The van der Waals surface area contributed by atoms with Crippen molar-refractivity contribution in [3.63, 3.8) is 0 Å². The Bertz CT molecular complexity index is 882. The number of rotatable bonds is 4. The molecule has 0 unspecified atom stereocenters. The number of aliphatic hydroxyl groups is 1. The lowest BCUT2D eigenvalue weighted by atomic mass is 10.1. The van der Waals surface area contributed by atoms with Crippen LogP contribution in [0.15, 0.2) is 30.3 Å². The molecule has 0 fully saturated rings. The van der Waals surface area contributed by atoms with Crippen molar-refractivity contribution in [1.82, 2.24) is 14.9 Å². The minimum atomic E-state index is -0.416. The first-order valence-corrected chi connectivity index (χ1v) is 9.19. The number of amides is 1. The Labute approximate surface area is 149 Å². The molecule has 6 nitrogen and oxygen atoms in total. The van der Waals surface area contributed by atoms with Crippen molar-refractivity contribution < 1.29 is 9.90 Å². The lowest BCUT2D eigenvalue weighted by molar-refractivity contribution is 0.0731. The van der Waals surface area contributed by atoms with Crippen LogP contribution >= 0.6 is 11.3 Å². The normalized spacial score (nSPS) is 15.2. The summed E-state index contributed by atoms with van der Waals surface area (Å²) < 4.78 is 0. The third-order valence-corrected chi connectivity index (χ3v) is 5.37. The van der Waals surface area contributed by atoms with Gasteiger partial charge < -0.3 is 20.3 Å². The van der Waals surface area contributed by atoms with Crippen molar-refractivity contribution in [2.24, 2.45) is 0 Å². The molecule has 0 spiro atoms. The van der Waals surface area contributed by atoms with Gasteiger partial charge >= 0.3 is 0 Å². The fourth-order valence-corrected chi connectivity index (χ4v) is 4.07. The monoisotopic (exact) mass is 356 g/mol. The molecule has 0 radical (unpaired) electrons. The molecule has 1 amide bonds. The van der Waals surface area contributed by atoms with Crippen molar-refractivity contribution in [2.75, 3.05) is 18.4 Å². The number of hydrogen-bond donors (Lipinski definition) is 3. The molecule has 0 aliphatic carbocycles. The van der Waals surface area contributed by atoms with Crippen LogP contribution in [-0.2, 0) is 13.0 Å². The maximum Gasteiger partial charge on any atom is 0.270 e. The second-order valence-electron chi connectivity index (χ2n) is 6.37. The molecule has 3 aromatic rings. The van der Waals surface area contributed by atoms with Gasteiger partial charge in [0.15, 0.2) is 5.13 Å². The van der Waals surface area contributed by atoms with Crippen molar-refractivity contribution in [3.05, 3.63) is 46.6 Å². The Morgan fingerprint density at radius 3 is 3.12 bits per heavy atom. The standard InChI is InChI=1S/C18H20N4O2S/c1-11(23)9-19-18-21-14-6-7-22(10-16(14)25-18)17(24)15-8-12-4-2-3-5-13(12)20-15/h2-5,8,11,20,23H,6-7,9-10H2,1H3,(H,19,21)/t11-/m1/s1. The molecule has 3 N–H and O–H groups in total. The molecule has 1 aliphatic rings. The summed E-state index contributed by atoms with van der Waals surface area (Å²) in [6.45, 7) is 3.46. The number of aromatic nitrogens is 2. The first-order valence-electron chi connectivity index (χ1n) is 8.37. The number of thiazole rings is 1. The second kappa shape index (κ2) is 6.50. The number of aromatic amines is 1. The Kier molecular flexibility index (Phi) is 4.19. The predicted molar refractivity (Wildman–Crippen MR) is 99.0 cm³/mol. The Balaban J connectivity index is 1.50. The zero-order chi connectivity index (χ0) is 17.4. The number of para-hydroxylation sites is 1. The number of carbonyl (C=O) groups is 1. The van der Waals surface area contributed by atoms with Gasteiger partial charge in [0.1, 0.15) is 5.69 Å². The lowest BCUT2D eigenvalue weighted by Crippen LogP contribution is -2.35. The van der Waals surface area contributed by atoms with Crippen molar-refractivity contribution >= 4 is 33.3 Å². The van der Waals surface area contributed by atoms with E-state index >= 15 is 0 Å². The molecule has 25 heavy (non-hydrogen) atoms. The Hall–Kier alpha value is -2.38. The highest BCUT2D eigenvalue weighted by Gasteiger charge is 2.25. The molecule has 3 heterocycles. The van der Waals surface area contributed by atoms with Crippen molar-refractivity contribution in [3.8, 4) is 0 Å². The molecule has 2 aromatic heterocycles. The highest BCUT2D eigenvalue weighted by Crippen LogP contribution is 2.29. The van der Waals surface area contributed by atoms with Crippen LogP contribution < -0.4 is 5.32 Å². The molecular formula is C18H20N4O2S. The highest BCUT2D eigenvalue weighted by molar-refractivity contribution is 7.15. The zero-order valence-corrected chi connectivity index (χ0v) is 14.8. The van der Waals surface area contributed by atoms with E-state index in [2.05, 4.69) is 15.3 Å². The SMILES string of the molecule is C[C@@H](O)CNc1nc2c(s1)CN(C(=O)c1cc3ccccc3[nH]1)CC2. The van der Waals surface area contributed by atoms with Gasteiger partial charge in [-0.3, -0.25) is 4.79 Å². The van der Waals surface area contributed by atoms with E-state index in [0.29, 0.717) is 25.3 Å². The minimum absolute atomic E-state index is 0.0220. The Morgan fingerprint density at radius 1 is 1.48 bits per heavy atom. The molecule has 1 atom stereocenters. The van der Waals surface area contributed by atoms with Crippen LogP contribution in [0.5, 0.6) is 0 Å².